The summed E-state index contributed by atoms with van der Waals surface area (Å²) in [5.74, 6) is 0.454. The Morgan fingerprint density at radius 1 is 1.00 bits per heavy atom. The quantitative estimate of drug-likeness (QED) is 0.396. The van der Waals surface area contributed by atoms with Crippen molar-refractivity contribution in [2.75, 3.05) is 10.6 Å². The van der Waals surface area contributed by atoms with Crippen molar-refractivity contribution in [3.63, 3.8) is 0 Å². The van der Waals surface area contributed by atoms with Gasteiger partial charge >= 0.3 is 0 Å². The van der Waals surface area contributed by atoms with Crippen LogP contribution in [-0.4, -0.2) is 30.7 Å². The number of nitrogens with zero attached hydrogens (tertiary/aromatic N) is 3. The molecule has 0 fully saturated rings. The number of hydrogen-bond donors (Lipinski definition) is 1. The number of carbonyl (C=O) groups excluding carboxylic acids is 1. The van der Waals surface area contributed by atoms with Crippen LogP contribution < -0.4 is 9.62 Å². The Balaban J connectivity index is 1.42. The van der Waals surface area contributed by atoms with Crippen LogP contribution in [0.3, 0.4) is 0 Å². The van der Waals surface area contributed by atoms with Gasteiger partial charge in [0.25, 0.3) is 5.91 Å². The van der Waals surface area contributed by atoms with Crippen molar-refractivity contribution in [3.05, 3.63) is 101 Å². The Morgan fingerprint density at radius 2 is 1.71 bits per heavy atom. The molecule has 0 aliphatic carbocycles. The van der Waals surface area contributed by atoms with Gasteiger partial charge in [0.1, 0.15) is 0 Å². The maximum atomic E-state index is 12.6. The summed E-state index contributed by atoms with van der Waals surface area (Å²) in [5, 5.41) is 6.70. The van der Waals surface area contributed by atoms with E-state index >= 15 is 0 Å². The molecule has 0 spiro atoms. The highest BCUT2D eigenvalue weighted by Crippen LogP contribution is 2.26. The van der Waals surface area contributed by atoms with Crippen molar-refractivity contribution in [1.82, 2.24) is 15.5 Å². The number of hydrogen-bond acceptors (Lipinski definition) is 6. The van der Waals surface area contributed by atoms with Gasteiger partial charge in [-0.15, -0.1) is 0 Å². The number of amides is 1. The van der Waals surface area contributed by atoms with E-state index in [2.05, 4.69) is 15.5 Å². The largest absolute Gasteiger partial charge is 0.343 e. The van der Waals surface area contributed by atoms with E-state index in [4.69, 9.17) is 4.52 Å². The smallest absolute Gasteiger partial charge is 0.251 e. The molecule has 0 atom stereocenters. The number of sulfonamides is 1. The average molecular weight is 491 g/mol. The van der Waals surface area contributed by atoms with Gasteiger partial charge in [0.15, 0.2) is 0 Å². The first kappa shape index (κ1) is 24.2. The molecule has 4 rings (SSSR count). The molecule has 8 nitrogen and oxygen atoms in total. The fourth-order valence-corrected chi connectivity index (χ4v) is 4.52. The molecule has 1 heterocycles. The summed E-state index contributed by atoms with van der Waals surface area (Å²) in [6.45, 7) is 4.06. The van der Waals surface area contributed by atoms with Crippen LogP contribution >= 0.6 is 0 Å². The molecule has 9 heteroatoms. The monoisotopic (exact) mass is 490 g/mol. The molecule has 0 radical (unpaired) electrons. The molecule has 4 aromatic rings. The molecular weight excluding hydrogens is 464 g/mol. The van der Waals surface area contributed by atoms with Gasteiger partial charge < -0.3 is 9.84 Å². The van der Waals surface area contributed by atoms with Crippen molar-refractivity contribution in [2.24, 2.45) is 0 Å². The molecule has 3 aromatic carbocycles. The third kappa shape index (κ3) is 5.93. The summed E-state index contributed by atoms with van der Waals surface area (Å²) in [5.41, 5.74) is 4.51. The number of benzene rings is 3. The van der Waals surface area contributed by atoms with E-state index in [1.54, 1.807) is 24.3 Å². The lowest BCUT2D eigenvalue weighted by Crippen LogP contribution is -2.30. The van der Waals surface area contributed by atoms with Gasteiger partial charge in [0, 0.05) is 11.1 Å². The predicted molar refractivity (Wildman–Crippen MR) is 134 cm³/mol. The fraction of sp³-hybridized carbons (Fsp3) is 0.192. The summed E-state index contributed by atoms with van der Waals surface area (Å²) in [6.07, 6.45) is 1.19. The minimum Gasteiger partial charge on any atom is -0.343 e. The lowest BCUT2D eigenvalue weighted by atomic mass is 10.1. The maximum absolute atomic E-state index is 12.6. The van der Waals surface area contributed by atoms with E-state index in [0.29, 0.717) is 23.0 Å². The van der Waals surface area contributed by atoms with E-state index in [1.807, 2.05) is 62.4 Å². The Kier molecular flexibility index (Phi) is 6.97. The molecule has 0 saturated carbocycles. The second-order valence-electron chi connectivity index (χ2n) is 8.32. The number of aromatic nitrogens is 2. The van der Waals surface area contributed by atoms with Gasteiger partial charge in [0.2, 0.25) is 21.7 Å². The number of rotatable bonds is 8. The van der Waals surface area contributed by atoms with Gasteiger partial charge in [-0.05, 0) is 48.7 Å². The number of anilines is 1. The lowest BCUT2D eigenvalue weighted by Gasteiger charge is -2.25. The highest BCUT2D eigenvalue weighted by molar-refractivity contribution is 7.92. The number of nitrogens with one attached hydrogen (secondary N) is 1. The van der Waals surface area contributed by atoms with Crippen molar-refractivity contribution >= 4 is 21.6 Å². The Morgan fingerprint density at radius 3 is 2.40 bits per heavy atom. The predicted octanol–water partition coefficient (Wildman–Crippen LogP) is 4.25. The van der Waals surface area contributed by atoms with Crippen LogP contribution in [0.2, 0.25) is 0 Å². The fourth-order valence-electron chi connectivity index (χ4n) is 3.59. The van der Waals surface area contributed by atoms with Crippen LogP contribution in [0.25, 0.3) is 11.4 Å². The zero-order valence-electron chi connectivity index (χ0n) is 19.7. The van der Waals surface area contributed by atoms with Crippen molar-refractivity contribution in [2.45, 2.75) is 26.9 Å². The summed E-state index contributed by atoms with van der Waals surface area (Å²) in [4.78, 5) is 16.9. The zero-order valence-corrected chi connectivity index (χ0v) is 20.5. The minimum atomic E-state index is -3.51. The first-order valence-corrected chi connectivity index (χ1v) is 12.9. The van der Waals surface area contributed by atoms with Gasteiger partial charge in [-0.25, -0.2) is 8.42 Å². The van der Waals surface area contributed by atoms with Crippen molar-refractivity contribution in [3.8, 4) is 11.4 Å². The molecule has 0 unspecified atom stereocenters. The number of carbonyl (C=O) groups is 1. The van der Waals surface area contributed by atoms with Crippen LogP contribution in [-0.2, 0) is 23.1 Å². The molecule has 1 N–H and O–H groups in total. The lowest BCUT2D eigenvalue weighted by molar-refractivity contribution is 0.0946. The molecule has 1 amide bonds. The minimum absolute atomic E-state index is 0.0922. The third-order valence-corrected chi connectivity index (χ3v) is 6.60. The normalized spacial score (nSPS) is 11.3. The third-order valence-electron chi connectivity index (χ3n) is 5.48. The van der Waals surface area contributed by atoms with E-state index in [9.17, 15) is 13.2 Å². The van der Waals surface area contributed by atoms with Crippen LogP contribution in [0.5, 0.6) is 0 Å². The maximum Gasteiger partial charge on any atom is 0.251 e. The molecular formula is C26H26N4O4S. The highest BCUT2D eigenvalue weighted by Gasteiger charge is 2.20. The first-order chi connectivity index (χ1) is 16.7. The van der Waals surface area contributed by atoms with Gasteiger partial charge in [-0.3, -0.25) is 9.10 Å². The van der Waals surface area contributed by atoms with E-state index in [0.717, 1.165) is 22.3 Å². The SMILES string of the molecule is Cc1ccc(C)c(N(Cc2ccc(C(=O)NCc3nc(-c4ccccc4)no3)cc2)S(C)(=O)=O)c1. The molecule has 35 heavy (non-hydrogen) atoms. The van der Waals surface area contributed by atoms with Crippen LogP contribution in [0, 0.1) is 13.8 Å². The molecule has 0 bridgehead atoms. The standard InChI is InChI=1S/C26H26N4O4S/c1-18-9-10-19(2)23(15-18)30(35(3,32)33)17-20-11-13-22(14-12-20)26(31)27-16-24-28-25(29-34-24)21-7-5-4-6-8-21/h4-15H,16-17H2,1-3H3,(H,27,31). The van der Waals surface area contributed by atoms with Crippen LogP contribution in [0.15, 0.2) is 77.3 Å². The Bertz CT molecular complexity index is 1430. The van der Waals surface area contributed by atoms with Crippen molar-refractivity contribution < 1.29 is 17.7 Å². The second kappa shape index (κ2) is 10.1. The first-order valence-electron chi connectivity index (χ1n) is 11.0. The van der Waals surface area contributed by atoms with E-state index in [-0.39, 0.29) is 19.0 Å². The summed E-state index contributed by atoms with van der Waals surface area (Å²) in [6, 6.07) is 22.0. The molecule has 0 saturated heterocycles. The number of aryl methyl sites for hydroxylation is 2. The summed E-state index contributed by atoms with van der Waals surface area (Å²) < 4.78 is 31.7. The summed E-state index contributed by atoms with van der Waals surface area (Å²) >= 11 is 0. The van der Waals surface area contributed by atoms with E-state index in [1.165, 1.54) is 10.6 Å². The highest BCUT2D eigenvalue weighted by atomic mass is 32.2. The van der Waals surface area contributed by atoms with Gasteiger partial charge in [0.05, 0.1) is 25.0 Å². The second-order valence-corrected chi connectivity index (χ2v) is 10.2. The van der Waals surface area contributed by atoms with Crippen LogP contribution in [0.4, 0.5) is 5.69 Å². The van der Waals surface area contributed by atoms with Gasteiger partial charge in [-0.2, -0.15) is 4.98 Å². The molecule has 180 valence electrons. The molecule has 0 aliphatic heterocycles. The Hall–Kier alpha value is -3.98. The average Bonchev–Trinajstić information content (AvgIpc) is 3.32. The zero-order chi connectivity index (χ0) is 25.0. The molecule has 0 aliphatic rings. The van der Waals surface area contributed by atoms with Gasteiger partial charge in [-0.1, -0.05) is 59.8 Å². The molecule has 1 aromatic heterocycles. The topological polar surface area (TPSA) is 105 Å². The van der Waals surface area contributed by atoms with E-state index < -0.39 is 10.0 Å². The summed E-state index contributed by atoms with van der Waals surface area (Å²) in [7, 11) is -3.51. The Labute approximate surface area is 204 Å². The van der Waals surface area contributed by atoms with Crippen molar-refractivity contribution in [1.29, 1.82) is 0 Å². The van der Waals surface area contributed by atoms with Crippen LogP contribution in [0.1, 0.15) is 32.9 Å².